The summed E-state index contributed by atoms with van der Waals surface area (Å²) in [5.41, 5.74) is 2.50. The molecule has 3 rings (SSSR count). The Morgan fingerprint density at radius 1 is 1.12 bits per heavy atom. The maximum Gasteiger partial charge on any atom is 0.0749 e. The third-order valence-corrected chi connectivity index (χ3v) is 3.10. The van der Waals surface area contributed by atoms with E-state index in [0.29, 0.717) is 6.04 Å². The molecule has 2 heterocycles. The van der Waals surface area contributed by atoms with Crippen molar-refractivity contribution >= 4 is 35.7 Å². The Labute approximate surface area is 114 Å². The van der Waals surface area contributed by atoms with Crippen LogP contribution in [0.1, 0.15) is 24.4 Å². The summed E-state index contributed by atoms with van der Waals surface area (Å²) in [7, 11) is 0. The highest BCUT2D eigenvalue weighted by Crippen LogP contribution is 2.27. The largest absolute Gasteiger partial charge is 0.310 e. The molecule has 1 aromatic heterocycles. The Bertz CT molecular complexity index is 476. The Morgan fingerprint density at radius 2 is 1.94 bits per heavy atom. The van der Waals surface area contributed by atoms with E-state index in [9.17, 15) is 0 Å². The Kier molecular flexibility index (Phi) is 5.19. The average Bonchev–Trinajstić information content (AvgIpc) is 2.82. The molecule has 4 heteroatoms. The second kappa shape index (κ2) is 6.20. The van der Waals surface area contributed by atoms with Crippen molar-refractivity contribution in [3.63, 3.8) is 0 Å². The van der Waals surface area contributed by atoms with Crippen LogP contribution < -0.4 is 5.32 Å². The van der Waals surface area contributed by atoms with Crippen LogP contribution in [0, 0.1) is 0 Å². The van der Waals surface area contributed by atoms with Gasteiger partial charge in [-0.2, -0.15) is 0 Å². The second-order valence-electron chi connectivity index (χ2n) is 4.07. The molecule has 1 saturated heterocycles. The van der Waals surface area contributed by atoms with E-state index in [2.05, 4.69) is 34.6 Å². The predicted octanol–water partition coefficient (Wildman–Crippen LogP) is 3.50. The van der Waals surface area contributed by atoms with Gasteiger partial charge in [0.1, 0.15) is 0 Å². The van der Waals surface area contributed by atoms with E-state index in [1.54, 1.807) is 0 Å². The van der Waals surface area contributed by atoms with Gasteiger partial charge in [0.15, 0.2) is 0 Å². The van der Waals surface area contributed by atoms with E-state index in [1.165, 1.54) is 23.8 Å². The third kappa shape index (κ3) is 2.71. The number of benzene rings is 1. The van der Waals surface area contributed by atoms with Crippen LogP contribution in [0.2, 0.25) is 0 Å². The molecule has 2 nitrogen and oxygen atoms in total. The number of para-hydroxylation sites is 1. The molecule has 1 aromatic carbocycles. The normalized spacial score (nSPS) is 18.5. The van der Waals surface area contributed by atoms with Gasteiger partial charge in [-0.1, -0.05) is 24.3 Å². The van der Waals surface area contributed by atoms with Gasteiger partial charge in [-0.25, -0.2) is 0 Å². The number of rotatable bonds is 1. The lowest BCUT2D eigenvalue weighted by Crippen LogP contribution is -2.13. The third-order valence-electron chi connectivity index (χ3n) is 3.10. The molecule has 1 atom stereocenters. The number of nitrogens with one attached hydrogen (secondary N) is 1. The van der Waals surface area contributed by atoms with E-state index in [0.717, 1.165) is 12.1 Å². The summed E-state index contributed by atoms with van der Waals surface area (Å²) in [5.74, 6) is 0. The molecule has 0 amide bonds. The van der Waals surface area contributed by atoms with Crippen LogP contribution in [0.5, 0.6) is 0 Å². The first kappa shape index (κ1) is 14.2. The number of pyridine rings is 1. The van der Waals surface area contributed by atoms with Crippen LogP contribution in [-0.4, -0.2) is 11.5 Å². The average molecular weight is 271 g/mol. The summed E-state index contributed by atoms with van der Waals surface area (Å²) in [6, 6.07) is 11.1. The molecule has 1 aliphatic heterocycles. The molecule has 1 aliphatic rings. The fourth-order valence-corrected chi connectivity index (χ4v) is 2.36. The van der Waals surface area contributed by atoms with Crippen LogP contribution in [-0.2, 0) is 0 Å². The molecule has 1 N–H and O–H groups in total. The number of halogens is 2. The Morgan fingerprint density at radius 3 is 2.71 bits per heavy atom. The highest BCUT2D eigenvalue weighted by atomic mass is 35.5. The molecule has 0 saturated carbocycles. The molecule has 92 valence electrons. The zero-order chi connectivity index (χ0) is 10.1. The summed E-state index contributed by atoms with van der Waals surface area (Å²) in [5, 5.41) is 4.76. The van der Waals surface area contributed by atoms with Gasteiger partial charge >= 0.3 is 0 Å². The Hall–Kier alpha value is -0.830. The zero-order valence-electron chi connectivity index (χ0n) is 9.43. The van der Waals surface area contributed by atoms with Gasteiger partial charge in [-0.05, 0) is 31.0 Å². The summed E-state index contributed by atoms with van der Waals surface area (Å²) in [4.78, 5) is 4.49. The first-order chi connectivity index (χ1) is 7.45. The molecule has 17 heavy (non-hydrogen) atoms. The van der Waals surface area contributed by atoms with E-state index >= 15 is 0 Å². The molecular formula is C13H16Cl2N2. The topological polar surface area (TPSA) is 24.9 Å². The molecule has 0 spiro atoms. The summed E-state index contributed by atoms with van der Waals surface area (Å²) in [6.45, 7) is 1.13. The quantitative estimate of drug-likeness (QED) is 0.858. The predicted molar refractivity (Wildman–Crippen MR) is 76.2 cm³/mol. The van der Waals surface area contributed by atoms with Crippen molar-refractivity contribution in [3.8, 4) is 0 Å². The first-order valence-corrected chi connectivity index (χ1v) is 5.52. The number of hydrogen-bond donors (Lipinski definition) is 1. The van der Waals surface area contributed by atoms with Crippen molar-refractivity contribution in [2.75, 3.05) is 6.54 Å². The fourth-order valence-electron chi connectivity index (χ4n) is 2.36. The molecule has 0 bridgehead atoms. The van der Waals surface area contributed by atoms with Crippen molar-refractivity contribution in [1.29, 1.82) is 0 Å². The van der Waals surface area contributed by atoms with Gasteiger partial charge in [0.25, 0.3) is 0 Å². The van der Waals surface area contributed by atoms with Crippen molar-refractivity contribution in [1.82, 2.24) is 10.3 Å². The standard InChI is InChI=1S/C13H14N2.2ClH/c1-4-10-5-2-9-15-13(10)11(6-1)12-7-3-8-14-12;;/h1-2,4-6,9,12,14H,3,7-8H2;2*1H/t12-;;/m1../s1. The van der Waals surface area contributed by atoms with Crippen molar-refractivity contribution in [3.05, 3.63) is 42.1 Å². The van der Waals surface area contributed by atoms with E-state index in [4.69, 9.17) is 0 Å². The van der Waals surface area contributed by atoms with E-state index in [-0.39, 0.29) is 24.8 Å². The summed E-state index contributed by atoms with van der Waals surface area (Å²) < 4.78 is 0. The number of fused-ring (bicyclic) bond motifs is 1. The number of aromatic nitrogens is 1. The minimum absolute atomic E-state index is 0. The lowest BCUT2D eigenvalue weighted by molar-refractivity contribution is 0.651. The number of hydrogen-bond acceptors (Lipinski definition) is 2. The summed E-state index contributed by atoms with van der Waals surface area (Å²) >= 11 is 0. The van der Waals surface area contributed by atoms with Crippen LogP contribution in [0.15, 0.2) is 36.5 Å². The number of nitrogens with zero attached hydrogens (tertiary/aromatic N) is 1. The van der Waals surface area contributed by atoms with E-state index < -0.39 is 0 Å². The van der Waals surface area contributed by atoms with Crippen molar-refractivity contribution < 1.29 is 0 Å². The van der Waals surface area contributed by atoms with Crippen molar-refractivity contribution in [2.24, 2.45) is 0 Å². The first-order valence-electron chi connectivity index (χ1n) is 5.52. The zero-order valence-corrected chi connectivity index (χ0v) is 11.1. The molecule has 0 radical (unpaired) electrons. The highest BCUT2D eigenvalue weighted by Gasteiger charge is 2.18. The highest BCUT2D eigenvalue weighted by molar-refractivity contribution is 5.85. The lowest BCUT2D eigenvalue weighted by atomic mass is 10.0. The van der Waals surface area contributed by atoms with Gasteiger partial charge < -0.3 is 5.32 Å². The Balaban J connectivity index is 0.000000722. The van der Waals surface area contributed by atoms with Crippen LogP contribution in [0.4, 0.5) is 0 Å². The van der Waals surface area contributed by atoms with Gasteiger partial charge in [-0.3, -0.25) is 4.98 Å². The van der Waals surface area contributed by atoms with Gasteiger partial charge in [-0.15, -0.1) is 24.8 Å². The van der Waals surface area contributed by atoms with Crippen molar-refractivity contribution in [2.45, 2.75) is 18.9 Å². The molecule has 2 aromatic rings. The van der Waals surface area contributed by atoms with Gasteiger partial charge in [0.05, 0.1) is 5.52 Å². The maximum absolute atomic E-state index is 4.49. The van der Waals surface area contributed by atoms with Crippen LogP contribution in [0.25, 0.3) is 10.9 Å². The molecule has 1 fully saturated rings. The smallest absolute Gasteiger partial charge is 0.0749 e. The molecule has 0 unspecified atom stereocenters. The van der Waals surface area contributed by atoms with Crippen LogP contribution in [0.3, 0.4) is 0 Å². The maximum atomic E-state index is 4.49. The monoisotopic (exact) mass is 270 g/mol. The SMILES string of the molecule is Cl.Cl.c1cnc2c([C@H]3CCCN3)cccc2c1. The van der Waals surface area contributed by atoms with Gasteiger partial charge in [0, 0.05) is 17.6 Å². The minimum Gasteiger partial charge on any atom is -0.310 e. The van der Waals surface area contributed by atoms with Gasteiger partial charge in [0.2, 0.25) is 0 Å². The molecule has 0 aliphatic carbocycles. The molecular weight excluding hydrogens is 255 g/mol. The summed E-state index contributed by atoms with van der Waals surface area (Å²) in [6.07, 6.45) is 4.38. The second-order valence-corrected chi connectivity index (χ2v) is 4.07. The van der Waals surface area contributed by atoms with Crippen LogP contribution >= 0.6 is 24.8 Å². The lowest BCUT2D eigenvalue weighted by Gasteiger charge is -2.12. The fraction of sp³-hybridized carbons (Fsp3) is 0.308. The minimum atomic E-state index is 0. The van der Waals surface area contributed by atoms with E-state index in [1.807, 2.05) is 12.3 Å².